The summed E-state index contributed by atoms with van der Waals surface area (Å²) in [5, 5.41) is 2.99. The molecule has 1 aliphatic heterocycles. The minimum atomic E-state index is -0.0785. The van der Waals surface area contributed by atoms with E-state index in [4.69, 9.17) is 4.74 Å². The lowest BCUT2D eigenvalue weighted by Gasteiger charge is -2.40. The molecule has 2 amide bonds. The molecular formula is C19H23N3O2. The maximum atomic E-state index is 12.8. The fraction of sp³-hybridized carbons (Fsp3) is 0.316. The Morgan fingerprint density at radius 1 is 1.12 bits per heavy atom. The summed E-state index contributed by atoms with van der Waals surface area (Å²) in [4.78, 5) is 17.0. The highest BCUT2D eigenvalue weighted by molar-refractivity contribution is 5.90. The van der Waals surface area contributed by atoms with Gasteiger partial charge in [-0.3, -0.25) is 0 Å². The van der Waals surface area contributed by atoms with E-state index in [0.29, 0.717) is 6.54 Å². The van der Waals surface area contributed by atoms with E-state index >= 15 is 0 Å². The van der Waals surface area contributed by atoms with Gasteiger partial charge < -0.3 is 19.9 Å². The molecule has 2 aromatic carbocycles. The maximum Gasteiger partial charge on any atom is 0.322 e. The fourth-order valence-corrected chi connectivity index (χ4v) is 3.02. The van der Waals surface area contributed by atoms with E-state index in [2.05, 4.69) is 29.4 Å². The van der Waals surface area contributed by atoms with Crippen LogP contribution in [0.3, 0.4) is 0 Å². The van der Waals surface area contributed by atoms with E-state index in [-0.39, 0.29) is 12.1 Å². The Labute approximate surface area is 142 Å². The number of benzene rings is 2. The van der Waals surface area contributed by atoms with Gasteiger partial charge in [-0.25, -0.2) is 4.79 Å². The van der Waals surface area contributed by atoms with Crippen LogP contribution in [0.25, 0.3) is 0 Å². The number of anilines is 1. The van der Waals surface area contributed by atoms with Crippen LogP contribution < -0.4 is 10.1 Å². The van der Waals surface area contributed by atoms with Gasteiger partial charge in [0, 0.05) is 31.4 Å². The zero-order chi connectivity index (χ0) is 16.9. The van der Waals surface area contributed by atoms with Gasteiger partial charge in [-0.15, -0.1) is 0 Å². The quantitative estimate of drug-likeness (QED) is 0.942. The molecule has 2 aromatic rings. The standard InChI is InChI=1S/C19H23N3O2/c1-21-11-12-22(18(14-21)15-7-4-3-5-8-15)19(23)20-16-9-6-10-17(13-16)24-2/h3-10,13,18H,11-12,14H2,1-2H3,(H,20,23). The molecule has 1 atom stereocenters. The van der Waals surface area contributed by atoms with Crippen LogP contribution in [0.4, 0.5) is 10.5 Å². The minimum Gasteiger partial charge on any atom is -0.497 e. The first kappa shape index (κ1) is 16.3. The molecule has 3 rings (SSSR count). The Hall–Kier alpha value is -2.53. The Kier molecular flexibility index (Phi) is 5.01. The first-order valence-electron chi connectivity index (χ1n) is 8.12. The molecule has 1 saturated heterocycles. The van der Waals surface area contributed by atoms with Crippen molar-refractivity contribution in [2.75, 3.05) is 39.1 Å². The van der Waals surface area contributed by atoms with E-state index in [1.165, 1.54) is 0 Å². The number of hydrogen-bond acceptors (Lipinski definition) is 3. The Morgan fingerprint density at radius 3 is 2.67 bits per heavy atom. The predicted molar refractivity (Wildman–Crippen MR) is 95.4 cm³/mol. The summed E-state index contributed by atoms with van der Waals surface area (Å²) in [5.74, 6) is 0.728. The average Bonchev–Trinajstić information content (AvgIpc) is 2.62. The fourth-order valence-electron chi connectivity index (χ4n) is 3.02. The van der Waals surface area contributed by atoms with Crippen LogP contribution in [0.2, 0.25) is 0 Å². The highest BCUT2D eigenvalue weighted by atomic mass is 16.5. The van der Waals surface area contributed by atoms with Crippen LogP contribution in [0.1, 0.15) is 11.6 Å². The lowest BCUT2D eigenvalue weighted by Crippen LogP contribution is -2.50. The monoisotopic (exact) mass is 325 g/mol. The van der Waals surface area contributed by atoms with Gasteiger partial charge in [0.1, 0.15) is 5.75 Å². The van der Waals surface area contributed by atoms with Crippen LogP contribution in [0, 0.1) is 0 Å². The first-order valence-corrected chi connectivity index (χ1v) is 8.12. The third kappa shape index (κ3) is 3.68. The lowest BCUT2D eigenvalue weighted by atomic mass is 10.0. The topological polar surface area (TPSA) is 44.8 Å². The first-order chi connectivity index (χ1) is 11.7. The molecule has 0 spiro atoms. The highest BCUT2D eigenvalue weighted by Gasteiger charge is 2.30. The van der Waals surface area contributed by atoms with E-state index in [9.17, 15) is 4.79 Å². The highest BCUT2D eigenvalue weighted by Crippen LogP contribution is 2.26. The van der Waals surface area contributed by atoms with Gasteiger partial charge in [-0.05, 0) is 24.7 Å². The van der Waals surface area contributed by atoms with Crippen molar-refractivity contribution in [3.05, 3.63) is 60.2 Å². The lowest BCUT2D eigenvalue weighted by molar-refractivity contribution is 0.117. The summed E-state index contributed by atoms with van der Waals surface area (Å²) in [6, 6.07) is 17.6. The third-order valence-corrected chi connectivity index (χ3v) is 4.35. The number of carbonyl (C=O) groups is 1. The Balaban J connectivity index is 1.78. The van der Waals surface area contributed by atoms with Gasteiger partial charge in [0.2, 0.25) is 0 Å². The smallest absolute Gasteiger partial charge is 0.322 e. The number of urea groups is 1. The van der Waals surface area contributed by atoms with Gasteiger partial charge in [-0.2, -0.15) is 0 Å². The largest absolute Gasteiger partial charge is 0.497 e. The molecule has 5 heteroatoms. The molecule has 0 radical (unpaired) electrons. The number of hydrogen-bond donors (Lipinski definition) is 1. The number of amides is 2. The molecule has 0 saturated carbocycles. The summed E-state index contributed by atoms with van der Waals surface area (Å²) in [6.45, 7) is 2.40. The molecular weight excluding hydrogens is 302 g/mol. The van der Waals surface area contributed by atoms with E-state index < -0.39 is 0 Å². The van der Waals surface area contributed by atoms with Gasteiger partial charge in [0.25, 0.3) is 0 Å². The zero-order valence-corrected chi connectivity index (χ0v) is 14.1. The number of piperazine rings is 1. The van der Waals surface area contributed by atoms with Crippen molar-refractivity contribution < 1.29 is 9.53 Å². The van der Waals surface area contributed by atoms with Gasteiger partial charge >= 0.3 is 6.03 Å². The second-order valence-electron chi connectivity index (χ2n) is 6.04. The normalized spacial score (nSPS) is 18.2. The van der Waals surface area contributed by atoms with Gasteiger partial charge in [0.05, 0.1) is 13.2 Å². The number of likely N-dealkylation sites (N-methyl/N-ethyl adjacent to an activating group) is 1. The summed E-state index contributed by atoms with van der Waals surface area (Å²) < 4.78 is 5.21. The zero-order valence-electron chi connectivity index (χ0n) is 14.1. The molecule has 1 heterocycles. The molecule has 0 aromatic heterocycles. The Bertz CT molecular complexity index is 690. The molecule has 1 unspecified atom stereocenters. The molecule has 0 aliphatic carbocycles. The minimum absolute atomic E-state index is 0.0514. The third-order valence-electron chi connectivity index (χ3n) is 4.35. The SMILES string of the molecule is COc1cccc(NC(=O)N2CCN(C)CC2c2ccccc2)c1. The van der Waals surface area contributed by atoms with Crippen LogP contribution in [0.5, 0.6) is 5.75 Å². The number of nitrogens with zero attached hydrogens (tertiary/aromatic N) is 2. The summed E-state index contributed by atoms with van der Waals surface area (Å²) in [7, 11) is 3.71. The molecule has 0 bridgehead atoms. The molecule has 126 valence electrons. The molecule has 1 N–H and O–H groups in total. The number of methoxy groups -OCH3 is 1. The summed E-state index contributed by atoms with van der Waals surface area (Å²) >= 11 is 0. The van der Waals surface area contributed by atoms with Crippen molar-refractivity contribution in [1.29, 1.82) is 0 Å². The second-order valence-corrected chi connectivity index (χ2v) is 6.04. The van der Waals surface area contributed by atoms with E-state index in [0.717, 1.165) is 30.1 Å². The van der Waals surface area contributed by atoms with Crippen molar-refractivity contribution in [3.63, 3.8) is 0 Å². The van der Waals surface area contributed by atoms with Crippen LogP contribution in [-0.4, -0.2) is 49.6 Å². The van der Waals surface area contributed by atoms with Gasteiger partial charge in [-0.1, -0.05) is 36.4 Å². The molecule has 1 fully saturated rings. The molecule has 5 nitrogen and oxygen atoms in total. The van der Waals surface area contributed by atoms with Crippen molar-refractivity contribution in [3.8, 4) is 5.75 Å². The van der Waals surface area contributed by atoms with Crippen LogP contribution in [-0.2, 0) is 0 Å². The number of rotatable bonds is 3. The number of nitrogens with one attached hydrogen (secondary N) is 1. The second kappa shape index (κ2) is 7.36. The number of carbonyl (C=O) groups excluding carboxylic acids is 1. The summed E-state index contributed by atoms with van der Waals surface area (Å²) in [6.07, 6.45) is 0. The van der Waals surface area contributed by atoms with Gasteiger partial charge in [0.15, 0.2) is 0 Å². The average molecular weight is 325 g/mol. The summed E-state index contributed by atoms with van der Waals surface area (Å²) in [5.41, 5.74) is 1.90. The van der Waals surface area contributed by atoms with Crippen LogP contribution in [0.15, 0.2) is 54.6 Å². The molecule has 1 aliphatic rings. The predicted octanol–water partition coefficient (Wildman–Crippen LogP) is 3.22. The van der Waals surface area contributed by atoms with E-state index in [1.54, 1.807) is 7.11 Å². The van der Waals surface area contributed by atoms with Crippen molar-refractivity contribution in [2.24, 2.45) is 0 Å². The number of ether oxygens (including phenoxy) is 1. The van der Waals surface area contributed by atoms with Crippen molar-refractivity contribution in [1.82, 2.24) is 9.80 Å². The molecule has 24 heavy (non-hydrogen) atoms. The van der Waals surface area contributed by atoms with Crippen molar-refractivity contribution in [2.45, 2.75) is 6.04 Å². The maximum absolute atomic E-state index is 12.8. The van der Waals surface area contributed by atoms with Crippen molar-refractivity contribution >= 4 is 11.7 Å². The van der Waals surface area contributed by atoms with Crippen LogP contribution >= 0.6 is 0 Å². The Morgan fingerprint density at radius 2 is 1.92 bits per heavy atom. The van der Waals surface area contributed by atoms with E-state index in [1.807, 2.05) is 47.4 Å².